The van der Waals surface area contributed by atoms with E-state index in [9.17, 15) is 8.42 Å². The van der Waals surface area contributed by atoms with Crippen molar-refractivity contribution >= 4 is 15.7 Å². The number of para-hydroxylation sites is 1. The van der Waals surface area contributed by atoms with Crippen molar-refractivity contribution in [2.24, 2.45) is 5.92 Å². The molecule has 0 aliphatic heterocycles. The largest absolute Gasteiger partial charge is 0.381 e. The molecule has 2 N–H and O–H groups in total. The Balaban J connectivity index is 1.78. The third-order valence-electron chi connectivity index (χ3n) is 4.37. The fourth-order valence-corrected chi connectivity index (χ4v) is 4.57. The zero-order chi connectivity index (χ0) is 14.9. The Morgan fingerprint density at radius 3 is 2.52 bits per heavy atom. The fraction of sp³-hybridized carbons (Fsp3) is 0.625. The van der Waals surface area contributed by atoms with Crippen LogP contribution >= 0.6 is 0 Å². The first-order chi connectivity index (χ1) is 10.0. The molecule has 3 rings (SSSR count). The van der Waals surface area contributed by atoms with E-state index >= 15 is 0 Å². The predicted molar refractivity (Wildman–Crippen MR) is 84.8 cm³/mol. The minimum absolute atomic E-state index is 0.137. The van der Waals surface area contributed by atoms with E-state index in [0.29, 0.717) is 16.9 Å². The van der Waals surface area contributed by atoms with Gasteiger partial charge in [-0.3, -0.25) is 0 Å². The van der Waals surface area contributed by atoms with E-state index in [0.717, 1.165) is 31.4 Å². The summed E-state index contributed by atoms with van der Waals surface area (Å²) in [4.78, 5) is 0.384. The number of rotatable bonds is 5. The number of benzene rings is 1. The van der Waals surface area contributed by atoms with Gasteiger partial charge in [0.2, 0.25) is 10.0 Å². The zero-order valence-electron chi connectivity index (χ0n) is 12.5. The number of sulfonamides is 1. The molecule has 0 radical (unpaired) electrons. The quantitative estimate of drug-likeness (QED) is 0.878. The van der Waals surface area contributed by atoms with Crippen LogP contribution in [0.25, 0.3) is 0 Å². The van der Waals surface area contributed by atoms with Gasteiger partial charge in [0, 0.05) is 12.1 Å². The standard InChI is InChI=1S/C16H24N2O2S/c1-12-5-4-6-14(11-12)17-15-7-2-3-8-16(15)21(19,20)18-13-9-10-13/h2-3,7-8,12-14,17-18H,4-6,9-11H2,1H3. The van der Waals surface area contributed by atoms with Gasteiger partial charge in [-0.05, 0) is 43.7 Å². The molecule has 0 amide bonds. The van der Waals surface area contributed by atoms with E-state index in [1.54, 1.807) is 12.1 Å². The van der Waals surface area contributed by atoms with Crippen molar-refractivity contribution in [1.29, 1.82) is 0 Å². The normalized spacial score (nSPS) is 26.5. The third-order valence-corrected chi connectivity index (χ3v) is 5.95. The molecule has 2 aliphatic carbocycles. The maximum absolute atomic E-state index is 12.5. The minimum atomic E-state index is -3.40. The lowest BCUT2D eigenvalue weighted by Crippen LogP contribution is -2.29. The second kappa shape index (κ2) is 5.97. The van der Waals surface area contributed by atoms with Crippen LogP contribution in [0.15, 0.2) is 29.2 Å². The van der Waals surface area contributed by atoms with Gasteiger partial charge in [0.15, 0.2) is 0 Å². The highest BCUT2D eigenvalue weighted by molar-refractivity contribution is 7.89. The molecule has 2 aliphatic rings. The summed E-state index contributed by atoms with van der Waals surface area (Å²) >= 11 is 0. The first kappa shape index (κ1) is 14.9. The van der Waals surface area contributed by atoms with Crippen LogP contribution in [0.1, 0.15) is 45.4 Å². The molecular formula is C16H24N2O2S. The van der Waals surface area contributed by atoms with E-state index in [-0.39, 0.29) is 6.04 Å². The van der Waals surface area contributed by atoms with Gasteiger partial charge < -0.3 is 5.32 Å². The molecule has 0 heterocycles. The topological polar surface area (TPSA) is 58.2 Å². The van der Waals surface area contributed by atoms with Gasteiger partial charge >= 0.3 is 0 Å². The highest BCUT2D eigenvalue weighted by Gasteiger charge is 2.29. The van der Waals surface area contributed by atoms with Crippen LogP contribution in [0.5, 0.6) is 0 Å². The van der Waals surface area contributed by atoms with Crippen molar-refractivity contribution in [3.05, 3.63) is 24.3 Å². The van der Waals surface area contributed by atoms with Crippen LogP contribution in [-0.4, -0.2) is 20.5 Å². The molecule has 0 bridgehead atoms. The van der Waals surface area contributed by atoms with Gasteiger partial charge in [0.05, 0.1) is 5.69 Å². The smallest absolute Gasteiger partial charge is 0.242 e. The third kappa shape index (κ3) is 3.77. The molecule has 0 spiro atoms. The van der Waals surface area contributed by atoms with Crippen molar-refractivity contribution in [3.63, 3.8) is 0 Å². The summed E-state index contributed by atoms with van der Waals surface area (Å²) in [5.41, 5.74) is 0.741. The molecule has 2 atom stereocenters. The maximum atomic E-state index is 12.5. The van der Waals surface area contributed by atoms with Crippen molar-refractivity contribution in [2.75, 3.05) is 5.32 Å². The summed E-state index contributed by atoms with van der Waals surface area (Å²) in [7, 11) is -3.40. The second-order valence-electron chi connectivity index (χ2n) is 6.50. The molecular weight excluding hydrogens is 284 g/mol. The lowest BCUT2D eigenvalue weighted by atomic mass is 9.87. The van der Waals surface area contributed by atoms with Crippen LogP contribution in [0.2, 0.25) is 0 Å². The molecule has 2 unspecified atom stereocenters. The second-order valence-corrected chi connectivity index (χ2v) is 8.19. The van der Waals surface area contributed by atoms with Crippen molar-refractivity contribution < 1.29 is 8.42 Å². The first-order valence-corrected chi connectivity index (χ1v) is 9.41. The minimum Gasteiger partial charge on any atom is -0.381 e. The van der Waals surface area contributed by atoms with Crippen LogP contribution in [-0.2, 0) is 10.0 Å². The summed E-state index contributed by atoms with van der Waals surface area (Å²) < 4.78 is 27.7. The molecule has 1 aromatic rings. The molecule has 5 heteroatoms. The van der Waals surface area contributed by atoms with E-state index < -0.39 is 10.0 Å². The molecule has 4 nitrogen and oxygen atoms in total. The molecule has 0 aromatic heterocycles. The summed E-state index contributed by atoms with van der Waals surface area (Å²) in [6.45, 7) is 2.27. The average molecular weight is 308 g/mol. The number of hydrogen-bond donors (Lipinski definition) is 2. The Hall–Kier alpha value is -1.07. The van der Waals surface area contributed by atoms with Crippen LogP contribution in [0, 0.1) is 5.92 Å². The lowest BCUT2D eigenvalue weighted by molar-refractivity contribution is 0.358. The van der Waals surface area contributed by atoms with Gasteiger partial charge in [0.1, 0.15) is 4.90 Å². The molecule has 2 saturated carbocycles. The molecule has 21 heavy (non-hydrogen) atoms. The summed E-state index contributed by atoms with van der Waals surface area (Å²) in [5.74, 6) is 0.713. The highest BCUT2D eigenvalue weighted by atomic mass is 32.2. The monoisotopic (exact) mass is 308 g/mol. The molecule has 0 saturated heterocycles. The average Bonchev–Trinajstić information content (AvgIpc) is 3.22. The lowest BCUT2D eigenvalue weighted by Gasteiger charge is -2.29. The van der Waals surface area contributed by atoms with Gasteiger partial charge in [-0.1, -0.05) is 31.9 Å². The van der Waals surface area contributed by atoms with E-state index in [4.69, 9.17) is 0 Å². The van der Waals surface area contributed by atoms with Crippen molar-refractivity contribution in [1.82, 2.24) is 4.72 Å². The van der Waals surface area contributed by atoms with E-state index in [2.05, 4.69) is 17.0 Å². The van der Waals surface area contributed by atoms with Crippen molar-refractivity contribution in [3.8, 4) is 0 Å². The molecule has 116 valence electrons. The summed E-state index contributed by atoms with van der Waals surface area (Å²) in [6, 6.07) is 7.77. The zero-order valence-corrected chi connectivity index (χ0v) is 13.3. The van der Waals surface area contributed by atoms with E-state index in [1.165, 1.54) is 12.8 Å². The van der Waals surface area contributed by atoms with Crippen LogP contribution in [0.3, 0.4) is 0 Å². The van der Waals surface area contributed by atoms with Crippen LogP contribution in [0.4, 0.5) is 5.69 Å². The van der Waals surface area contributed by atoms with Gasteiger partial charge in [-0.25, -0.2) is 13.1 Å². The van der Waals surface area contributed by atoms with Gasteiger partial charge in [0.25, 0.3) is 0 Å². The highest BCUT2D eigenvalue weighted by Crippen LogP contribution is 2.30. The molecule has 1 aromatic carbocycles. The number of anilines is 1. The van der Waals surface area contributed by atoms with Gasteiger partial charge in [-0.15, -0.1) is 0 Å². The molecule has 2 fully saturated rings. The predicted octanol–water partition coefficient (Wildman–Crippen LogP) is 3.12. The Kier molecular flexibility index (Phi) is 4.22. The SMILES string of the molecule is CC1CCCC(Nc2ccccc2S(=O)(=O)NC2CC2)C1. The fourth-order valence-electron chi connectivity index (χ4n) is 3.09. The Bertz CT molecular complexity index is 596. The first-order valence-electron chi connectivity index (χ1n) is 7.92. The van der Waals surface area contributed by atoms with Crippen molar-refractivity contribution in [2.45, 2.75) is 62.4 Å². The van der Waals surface area contributed by atoms with Gasteiger partial charge in [-0.2, -0.15) is 0 Å². The summed E-state index contributed by atoms with van der Waals surface area (Å²) in [6.07, 6.45) is 6.64. The Morgan fingerprint density at radius 1 is 1.05 bits per heavy atom. The van der Waals surface area contributed by atoms with E-state index in [1.807, 2.05) is 12.1 Å². The number of nitrogens with one attached hydrogen (secondary N) is 2. The van der Waals surface area contributed by atoms with Crippen LogP contribution < -0.4 is 10.0 Å². The Labute approximate surface area is 127 Å². The Morgan fingerprint density at radius 2 is 1.81 bits per heavy atom. The summed E-state index contributed by atoms with van der Waals surface area (Å²) in [5, 5.41) is 3.46. The maximum Gasteiger partial charge on any atom is 0.242 e. The number of hydrogen-bond acceptors (Lipinski definition) is 3.